The Morgan fingerprint density at radius 2 is 1.87 bits per heavy atom. The fourth-order valence-electron chi connectivity index (χ4n) is 3.15. The zero-order valence-electron chi connectivity index (χ0n) is 15.2. The van der Waals surface area contributed by atoms with Crippen molar-refractivity contribution in [3.05, 3.63) is 76.3 Å². The van der Waals surface area contributed by atoms with E-state index in [9.17, 15) is 22.9 Å². The van der Waals surface area contributed by atoms with Crippen molar-refractivity contribution in [3.63, 3.8) is 0 Å². The van der Waals surface area contributed by atoms with Crippen LogP contribution in [0.25, 0.3) is 11.1 Å². The van der Waals surface area contributed by atoms with Crippen LogP contribution in [0.4, 0.5) is 14.5 Å². The topological polar surface area (TPSA) is 75.6 Å². The number of benzene rings is 3. The molecule has 1 heterocycles. The van der Waals surface area contributed by atoms with E-state index in [0.29, 0.717) is 16.7 Å². The van der Waals surface area contributed by atoms with Gasteiger partial charge in [-0.1, -0.05) is 23.7 Å². The lowest BCUT2D eigenvalue weighted by Gasteiger charge is -2.15. The first-order valence-corrected chi connectivity index (χ1v) is 10.3. The smallest absolute Gasteiger partial charge is 0.338 e. The van der Waals surface area contributed by atoms with Gasteiger partial charge in [0, 0.05) is 6.42 Å². The molecule has 0 saturated heterocycles. The Morgan fingerprint density at radius 3 is 2.67 bits per heavy atom. The number of halogens is 3. The Bertz CT molecular complexity index is 1200. The van der Waals surface area contributed by atoms with Crippen molar-refractivity contribution in [1.29, 1.82) is 0 Å². The number of phenolic OH excluding ortho intramolecular Hbond substituents is 1. The Labute approximate surface area is 177 Å². The molecule has 4 rings (SSSR count). The second-order valence-corrected chi connectivity index (χ2v) is 8.15. The van der Waals surface area contributed by atoms with Crippen LogP contribution in [0.1, 0.15) is 15.9 Å². The molecule has 3 aromatic carbocycles. The minimum Gasteiger partial charge on any atom is -0.505 e. The van der Waals surface area contributed by atoms with Crippen molar-refractivity contribution in [3.8, 4) is 16.9 Å². The van der Waals surface area contributed by atoms with Crippen molar-refractivity contribution < 1.29 is 27.6 Å². The van der Waals surface area contributed by atoms with Crippen LogP contribution >= 0.6 is 11.6 Å². The fourth-order valence-corrected chi connectivity index (χ4v) is 4.41. The van der Waals surface area contributed by atoms with Crippen molar-refractivity contribution in [2.24, 2.45) is 0 Å². The summed E-state index contributed by atoms with van der Waals surface area (Å²) in [5.41, 5.74) is 1.59. The van der Waals surface area contributed by atoms with Gasteiger partial charge >= 0.3 is 5.97 Å². The first-order valence-electron chi connectivity index (χ1n) is 8.80. The van der Waals surface area contributed by atoms with Crippen LogP contribution in [0.15, 0.2) is 53.4 Å². The molecule has 2 N–H and O–H groups in total. The van der Waals surface area contributed by atoms with Crippen LogP contribution in [0.5, 0.6) is 5.75 Å². The van der Waals surface area contributed by atoms with Crippen LogP contribution in [0, 0.1) is 11.6 Å². The summed E-state index contributed by atoms with van der Waals surface area (Å²) in [6, 6.07) is 10.6. The number of esters is 1. The van der Waals surface area contributed by atoms with Crippen LogP contribution < -0.4 is 4.72 Å². The zero-order chi connectivity index (χ0) is 21.4. The molecular weight excluding hydrogens is 436 g/mol. The number of rotatable bonds is 0. The van der Waals surface area contributed by atoms with E-state index in [0.717, 1.165) is 6.07 Å². The molecule has 0 amide bonds. The van der Waals surface area contributed by atoms with Crippen LogP contribution in [-0.4, -0.2) is 21.9 Å². The van der Waals surface area contributed by atoms with E-state index in [1.165, 1.54) is 36.4 Å². The van der Waals surface area contributed by atoms with Gasteiger partial charge in [0.1, 0.15) is 16.5 Å². The van der Waals surface area contributed by atoms with Crippen LogP contribution in [0.3, 0.4) is 0 Å². The number of carbonyl (C=O) groups excluding carboxylic acids is 1. The molecule has 0 spiro atoms. The highest BCUT2D eigenvalue weighted by Crippen LogP contribution is 2.34. The second-order valence-electron chi connectivity index (χ2n) is 6.56. The van der Waals surface area contributed by atoms with Gasteiger partial charge in [0.25, 0.3) is 0 Å². The van der Waals surface area contributed by atoms with Gasteiger partial charge in [-0.3, -0.25) is 4.72 Å². The molecule has 3 aromatic rings. The quantitative estimate of drug-likeness (QED) is 0.482. The molecule has 0 aliphatic carbocycles. The summed E-state index contributed by atoms with van der Waals surface area (Å²) >= 11 is 5.96. The largest absolute Gasteiger partial charge is 0.505 e. The fraction of sp³-hybridized carbons (Fsp3) is 0.0952. The molecule has 0 aromatic heterocycles. The number of anilines is 1. The number of hydrogen-bond donors (Lipinski definition) is 2. The van der Waals surface area contributed by atoms with Gasteiger partial charge in [0.15, 0.2) is 16.7 Å². The number of ether oxygens (including phenoxy) is 1. The SMILES string of the molecule is O=C1OCCc2cc(F)ccc2-c2ccc(F)c(c2)NS(=O)c2cc1cc(Cl)c2O. The highest BCUT2D eigenvalue weighted by molar-refractivity contribution is 7.86. The first-order chi connectivity index (χ1) is 14.3. The summed E-state index contributed by atoms with van der Waals surface area (Å²) in [6.45, 7) is -0.0570. The number of fused-ring (bicyclic) bond motifs is 6. The van der Waals surface area contributed by atoms with E-state index in [4.69, 9.17) is 16.3 Å². The first kappa shape index (κ1) is 20.3. The minimum absolute atomic E-state index is 0.0336. The summed E-state index contributed by atoms with van der Waals surface area (Å²) < 4.78 is 48.7. The maximum Gasteiger partial charge on any atom is 0.338 e. The molecule has 1 atom stereocenters. The summed E-state index contributed by atoms with van der Waals surface area (Å²) in [5.74, 6) is -2.39. The number of aromatic hydroxyl groups is 1. The van der Waals surface area contributed by atoms with Gasteiger partial charge in [-0.05, 0) is 53.1 Å². The molecule has 1 unspecified atom stereocenters. The second kappa shape index (κ2) is 8.04. The molecule has 1 aliphatic heterocycles. The Balaban J connectivity index is 1.88. The average molecular weight is 450 g/mol. The Hall–Kier alpha value is -2.97. The maximum atomic E-state index is 14.4. The molecule has 5 nitrogen and oxygen atoms in total. The Kier molecular flexibility index (Phi) is 5.44. The summed E-state index contributed by atoms with van der Waals surface area (Å²) in [7, 11) is -2.14. The minimum atomic E-state index is -2.14. The molecule has 1 aliphatic rings. The standard InChI is InChI=1S/C21H14ClF2NO4S/c22-16-8-13-10-19(20(16)26)30(28)25-18-9-11(1-4-17(18)24)15-3-2-14(23)7-12(15)5-6-29-21(13)27/h1-4,7-10,25-26H,5-6H2. The van der Waals surface area contributed by atoms with Gasteiger partial charge in [-0.25, -0.2) is 17.8 Å². The monoisotopic (exact) mass is 449 g/mol. The van der Waals surface area contributed by atoms with E-state index >= 15 is 0 Å². The van der Waals surface area contributed by atoms with Gasteiger partial charge in [-0.2, -0.15) is 0 Å². The predicted molar refractivity (Wildman–Crippen MR) is 109 cm³/mol. The average Bonchev–Trinajstić information content (AvgIpc) is 2.71. The number of nitrogens with one attached hydrogen (secondary N) is 1. The van der Waals surface area contributed by atoms with E-state index in [1.807, 2.05) is 0 Å². The van der Waals surface area contributed by atoms with E-state index in [1.54, 1.807) is 6.07 Å². The molecule has 0 radical (unpaired) electrons. The molecule has 0 fully saturated rings. The summed E-state index contributed by atoms with van der Waals surface area (Å²) in [5, 5.41) is 9.97. The molecular formula is C21H14ClF2NO4S. The normalized spacial score (nSPS) is 16.1. The van der Waals surface area contributed by atoms with Gasteiger partial charge in [-0.15, -0.1) is 0 Å². The molecule has 154 valence electrons. The molecule has 0 saturated carbocycles. The van der Waals surface area contributed by atoms with Gasteiger partial charge in [0.05, 0.1) is 22.9 Å². The maximum absolute atomic E-state index is 14.4. The van der Waals surface area contributed by atoms with Crippen molar-refractivity contribution in [2.75, 3.05) is 11.3 Å². The molecule has 4 bridgehead atoms. The number of carbonyl (C=O) groups is 1. The number of phenols is 1. The van der Waals surface area contributed by atoms with Crippen LogP contribution in [-0.2, 0) is 22.1 Å². The summed E-state index contributed by atoms with van der Waals surface area (Å²) in [6.07, 6.45) is 0.212. The lowest BCUT2D eigenvalue weighted by Crippen LogP contribution is -2.12. The van der Waals surface area contributed by atoms with Crippen molar-refractivity contribution in [2.45, 2.75) is 11.3 Å². The number of cyclic esters (lactones) is 1. The van der Waals surface area contributed by atoms with Crippen molar-refractivity contribution >= 4 is 34.2 Å². The van der Waals surface area contributed by atoms with Crippen LogP contribution in [0.2, 0.25) is 5.02 Å². The number of hydrogen-bond acceptors (Lipinski definition) is 4. The lowest BCUT2D eigenvalue weighted by atomic mass is 9.97. The molecule has 9 heteroatoms. The van der Waals surface area contributed by atoms with Crippen molar-refractivity contribution in [1.82, 2.24) is 0 Å². The Morgan fingerprint density at radius 1 is 1.07 bits per heavy atom. The summed E-state index contributed by atoms with van der Waals surface area (Å²) in [4.78, 5) is 12.2. The van der Waals surface area contributed by atoms with E-state index < -0.39 is 34.3 Å². The predicted octanol–water partition coefficient (Wildman–Crippen LogP) is 4.84. The zero-order valence-corrected chi connectivity index (χ0v) is 16.8. The lowest BCUT2D eigenvalue weighted by molar-refractivity contribution is 0.0509. The van der Waals surface area contributed by atoms with E-state index in [2.05, 4.69) is 4.72 Å². The third-order valence-electron chi connectivity index (χ3n) is 4.62. The molecule has 30 heavy (non-hydrogen) atoms. The third kappa shape index (κ3) is 3.88. The van der Waals surface area contributed by atoms with Gasteiger partial charge < -0.3 is 9.84 Å². The van der Waals surface area contributed by atoms with E-state index in [-0.39, 0.29) is 34.2 Å². The van der Waals surface area contributed by atoms with Gasteiger partial charge in [0.2, 0.25) is 0 Å². The highest BCUT2D eigenvalue weighted by Gasteiger charge is 2.21. The third-order valence-corrected chi connectivity index (χ3v) is 6.02. The highest BCUT2D eigenvalue weighted by atomic mass is 35.5.